The number of rotatable bonds is 11. The first-order valence-corrected chi connectivity index (χ1v) is 10.9. The Morgan fingerprint density at radius 3 is 2.24 bits per heavy atom. The number of ether oxygens (including phenoxy) is 2. The average Bonchev–Trinajstić information content (AvgIpc) is 2.79. The van der Waals surface area contributed by atoms with Crippen LogP contribution in [0.5, 0.6) is 0 Å². The number of amides is 2. The molecule has 0 spiro atoms. The van der Waals surface area contributed by atoms with E-state index in [-0.39, 0.29) is 18.7 Å². The van der Waals surface area contributed by atoms with E-state index < -0.39 is 24.5 Å². The zero-order valence-electron chi connectivity index (χ0n) is 19.2. The van der Waals surface area contributed by atoms with Crippen molar-refractivity contribution in [2.24, 2.45) is 0 Å². The molecule has 0 radical (unpaired) electrons. The topological polar surface area (TPSA) is 111 Å². The number of carbonyl (C=O) groups is 4. The van der Waals surface area contributed by atoms with E-state index in [0.717, 1.165) is 24.0 Å². The number of anilines is 2. The van der Waals surface area contributed by atoms with Gasteiger partial charge in [-0.1, -0.05) is 31.0 Å². The van der Waals surface area contributed by atoms with Gasteiger partial charge in [0.25, 0.3) is 5.91 Å². The van der Waals surface area contributed by atoms with Gasteiger partial charge in [0.05, 0.1) is 18.6 Å². The Bertz CT molecular complexity index is 985. The smallest absolute Gasteiger partial charge is 0.338 e. The van der Waals surface area contributed by atoms with Crippen molar-refractivity contribution in [2.45, 2.75) is 46.5 Å². The minimum absolute atomic E-state index is 0.0989. The second-order valence-electron chi connectivity index (χ2n) is 7.64. The van der Waals surface area contributed by atoms with E-state index in [1.165, 1.54) is 0 Å². The monoisotopic (exact) mass is 454 g/mol. The highest BCUT2D eigenvalue weighted by Crippen LogP contribution is 2.16. The van der Waals surface area contributed by atoms with Gasteiger partial charge in [-0.25, -0.2) is 4.79 Å². The van der Waals surface area contributed by atoms with E-state index in [1.807, 2.05) is 32.9 Å². The van der Waals surface area contributed by atoms with Gasteiger partial charge in [0.2, 0.25) is 5.91 Å². The van der Waals surface area contributed by atoms with Crippen LogP contribution in [0.25, 0.3) is 0 Å². The van der Waals surface area contributed by atoms with Crippen LogP contribution in [0.2, 0.25) is 0 Å². The molecule has 8 nitrogen and oxygen atoms in total. The molecule has 0 aliphatic rings. The van der Waals surface area contributed by atoms with Crippen LogP contribution in [-0.2, 0) is 23.9 Å². The summed E-state index contributed by atoms with van der Waals surface area (Å²) >= 11 is 0. The summed E-state index contributed by atoms with van der Waals surface area (Å²) in [5.41, 5.74) is 3.53. The molecule has 2 N–H and O–H groups in total. The van der Waals surface area contributed by atoms with Gasteiger partial charge in [-0.2, -0.15) is 0 Å². The van der Waals surface area contributed by atoms with Crippen molar-refractivity contribution in [3.05, 3.63) is 59.2 Å². The van der Waals surface area contributed by atoms with Crippen molar-refractivity contribution in [3.8, 4) is 0 Å². The van der Waals surface area contributed by atoms with E-state index in [9.17, 15) is 19.2 Å². The highest BCUT2D eigenvalue weighted by Gasteiger charge is 2.12. The first-order valence-electron chi connectivity index (χ1n) is 10.9. The Morgan fingerprint density at radius 1 is 0.848 bits per heavy atom. The first-order chi connectivity index (χ1) is 15.8. The maximum absolute atomic E-state index is 12.1. The highest BCUT2D eigenvalue weighted by molar-refractivity contribution is 5.95. The Balaban J connectivity index is 1.69. The predicted octanol–water partition coefficient (Wildman–Crippen LogP) is 4.16. The van der Waals surface area contributed by atoms with Crippen LogP contribution in [0.3, 0.4) is 0 Å². The summed E-state index contributed by atoms with van der Waals surface area (Å²) in [5.74, 6) is -1.89. The fraction of sp³-hybridized carbons (Fsp3) is 0.360. The predicted molar refractivity (Wildman–Crippen MR) is 125 cm³/mol. The number of nitrogens with one attached hydrogen (secondary N) is 2. The summed E-state index contributed by atoms with van der Waals surface area (Å²) in [7, 11) is 0. The molecule has 0 aromatic heterocycles. The highest BCUT2D eigenvalue weighted by atomic mass is 16.5. The van der Waals surface area contributed by atoms with Gasteiger partial charge in [0.15, 0.2) is 6.61 Å². The van der Waals surface area contributed by atoms with E-state index in [2.05, 4.69) is 10.6 Å². The minimum Gasteiger partial charge on any atom is -0.462 e. The number of esters is 2. The normalized spacial score (nSPS) is 10.3. The van der Waals surface area contributed by atoms with Crippen molar-refractivity contribution < 1.29 is 28.7 Å². The van der Waals surface area contributed by atoms with Gasteiger partial charge in [0.1, 0.15) is 0 Å². The molecule has 0 saturated carbocycles. The van der Waals surface area contributed by atoms with Crippen molar-refractivity contribution in [1.82, 2.24) is 0 Å². The van der Waals surface area contributed by atoms with E-state index >= 15 is 0 Å². The lowest BCUT2D eigenvalue weighted by Gasteiger charge is -2.10. The lowest BCUT2D eigenvalue weighted by molar-refractivity contribution is -0.147. The van der Waals surface area contributed by atoms with Crippen molar-refractivity contribution >= 4 is 35.1 Å². The van der Waals surface area contributed by atoms with Crippen LogP contribution in [-0.4, -0.2) is 37.0 Å². The van der Waals surface area contributed by atoms with Gasteiger partial charge in [-0.15, -0.1) is 0 Å². The minimum atomic E-state index is -0.647. The van der Waals surface area contributed by atoms with Gasteiger partial charge in [-0.05, 0) is 56.2 Å². The lowest BCUT2D eigenvalue weighted by atomic mass is 10.1. The summed E-state index contributed by atoms with van der Waals surface area (Å²) in [6.45, 7) is 5.78. The molecule has 2 aromatic carbocycles. The SMILES string of the molecule is CCCCOC(=O)c1ccc(NC(=O)CCC(=O)OCC(=O)Nc2ccc(C)cc2C)cc1. The Morgan fingerprint density at radius 2 is 1.58 bits per heavy atom. The molecule has 176 valence electrons. The standard InChI is InChI=1S/C25H30N2O6/c1-4-5-14-32-25(31)19-7-9-20(10-8-19)26-22(28)12-13-24(30)33-16-23(29)27-21-11-6-17(2)15-18(21)3/h6-11,15H,4-5,12-14,16H2,1-3H3,(H,26,28)(H,27,29). The van der Waals surface area contributed by atoms with Gasteiger partial charge < -0.3 is 20.1 Å². The van der Waals surface area contributed by atoms with E-state index in [0.29, 0.717) is 23.5 Å². The maximum Gasteiger partial charge on any atom is 0.338 e. The third kappa shape index (κ3) is 9.14. The maximum atomic E-state index is 12.1. The molecule has 2 amide bonds. The fourth-order valence-electron chi connectivity index (χ4n) is 2.88. The van der Waals surface area contributed by atoms with Crippen LogP contribution in [0.4, 0.5) is 11.4 Å². The third-order valence-electron chi connectivity index (χ3n) is 4.71. The van der Waals surface area contributed by atoms with Gasteiger partial charge >= 0.3 is 11.9 Å². The molecule has 0 bridgehead atoms. The molecule has 0 heterocycles. The number of benzene rings is 2. The molecular weight excluding hydrogens is 424 g/mol. The van der Waals surface area contributed by atoms with Crippen LogP contribution in [0.15, 0.2) is 42.5 Å². The Hall–Kier alpha value is -3.68. The first kappa shape index (κ1) is 25.6. The summed E-state index contributed by atoms with van der Waals surface area (Å²) in [6.07, 6.45) is 1.48. The van der Waals surface area contributed by atoms with E-state index in [4.69, 9.17) is 9.47 Å². The second-order valence-corrected chi connectivity index (χ2v) is 7.64. The number of aryl methyl sites for hydroxylation is 2. The van der Waals surface area contributed by atoms with Crippen LogP contribution < -0.4 is 10.6 Å². The third-order valence-corrected chi connectivity index (χ3v) is 4.71. The largest absolute Gasteiger partial charge is 0.462 e. The van der Waals surface area contributed by atoms with Crippen molar-refractivity contribution in [2.75, 3.05) is 23.8 Å². The lowest BCUT2D eigenvalue weighted by Crippen LogP contribution is -2.22. The molecule has 8 heteroatoms. The van der Waals surface area contributed by atoms with Crippen molar-refractivity contribution in [1.29, 1.82) is 0 Å². The number of unbranched alkanes of at least 4 members (excludes halogenated alkanes) is 1. The quantitative estimate of drug-likeness (QED) is 0.390. The molecule has 2 rings (SSSR count). The van der Waals surface area contributed by atoms with E-state index in [1.54, 1.807) is 30.3 Å². The molecule has 0 aliphatic carbocycles. The number of hydrogen-bond donors (Lipinski definition) is 2. The van der Waals surface area contributed by atoms with Gasteiger partial charge in [0, 0.05) is 17.8 Å². The fourth-order valence-corrected chi connectivity index (χ4v) is 2.88. The summed E-state index contributed by atoms with van der Waals surface area (Å²) in [5, 5.41) is 5.33. The summed E-state index contributed by atoms with van der Waals surface area (Å²) < 4.78 is 10.1. The number of carbonyl (C=O) groups excluding carboxylic acids is 4. The molecule has 0 fully saturated rings. The van der Waals surface area contributed by atoms with Crippen molar-refractivity contribution in [3.63, 3.8) is 0 Å². The van der Waals surface area contributed by atoms with Crippen LogP contribution in [0.1, 0.15) is 54.1 Å². The average molecular weight is 455 g/mol. The number of hydrogen-bond acceptors (Lipinski definition) is 6. The zero-order valence-corrected chi connectivity index (χ0v) is 19.2. The van der Waals surface area contributed by atoms with Gasteiger partial charge in [-0.3, -0.25) is 14.4 Å². The molecule has 0 saturated heterocycles. The zero-order chi connectivity index (χ0) is 24.2. The molecule has 0 aliphatic heterocycles. The Kier molecular flexibility index (Phi) is 10.1. The molecular formula is C25H30N2O6. The molecule has 0 unspecified atom stereocenters. The Labute approximate surface area is 193 Å². The van der Waals surface area contributed by atoms with Crippen LogP contribution in [0, 0.1) is 13.8 Å². The summed E-state index contributed by atoms with van der Waals surface area (Å²) in [6, 6.07) is 11.9. The van der Waals surface area contributed by atoms with Crippen LogP contribution >= 0.6 is 0 Å². The molecule has 33 heavy (non-hydrogen) atoms. The molecule has 0 atom stereocenters. The second kappa shape index (κ2) is 13.0. The molecule has 2 aromatic rings. The summed E-state index contributed by atoms with van der Waals surface area (Å²) in [4.78, 5) is 47.8.